The Morgan fingerprint density at radius 2 is 1.97 bits per heavy atom. The highest BCUT2D eigenvalue weighted by Gasteiger charge is 2.80. The quantitative estimate of drug-likeness (QED) is 0.379. The third-order valence-electron chi connectivity index (χ3n) is 8.28. The van der Waals surface area contributed by atoms with Gasteiger partial charge in [-0.05, 0) is 50.5 Å². The van der Waals surface area contributed by atoms with Gasteiger partial charge in [-0.25, -0.2) is 0 Å². The number of ether oxygens (including phenoxy) is 3. The maximum atomic E-state index is 14.4. The molecule has 2 amide bonds. The SMILES string of the molecule is C=CCOC(=O)[C@@H]1[C@H]2C(=O)N([C@H](C)CO)C(C(=O)N(CC=C)c3ccc(OC)cc3)C23CC(C)[C@@]1(C)O3. The normalized spacial score (nSPS) is 32.6. The van der Waals surface area contributed by atoms with Crippen LogP contribution in [0, 0.1) is 17.8 Å². The van der Waals surface area contributed by atoms with Crippen LogP contribution in [-0.2, 0) is 23.9 Å². The first-order valence-electron chi connectivity index (χ1n) is 12.6. The summed E-state index contributed by atoms with van der Waals surface area (Å²) in [6.07, 6.45) is 3.50. The third-order valence-corrected chi connectivity index (χ3v) is 8.28. The van der Waals surface area contributed by atoms with Gasteiger partial charge in [-0.3, -0.25) is 14.4 Å². The van der Waals surface area contributed by atoms with E-state index in [9.17, 15) is 19.5 Å². The highest BCUT2D eigenvalue weighted by Crippen LogP contribution is 2.65. The van der Waals surface area contributed by atoms with Gasteiger partial charge in [0.25, 0.3) is 5.91 Å². The van der Waals surface area contributed by atoms with Crippen LogP contribution in [0.1, 0.15) is 27.2 Å². The molecule has 3 heterocycles. The van der Waals surface area contributed by atoms with Crippen molar-refractivity contribution in [1.29, 1.82) is 0 Å². The fourth-order valence-corrected chi connectivity index (χ4v) is 6.47. The lowest BCUT2D eigenvalue weighted by Gasteiger charge is -2.38. The average molecular weight is 513 g/mol. The van der Waals surface area contributed by atoms with Gasteiger partial charge in [0, 0.05) is 12.2 Å². The first-order valence-corrected chi connectivity index (χ1v) is 12.6. The predicted octanol–water partition coefficient (Wildman–Crippen LogP) is 2.33. The van der Waals surface area contributed by atoms with Crippen LogP contribution in [0.3, 0.4) is 0 Å². The summed E-state index contributed by atoms with van der Waals surface area (Å²) in [5.41, 5.74) is -1.62. The molecule has 2 bridgehead atoms. The van der Waals surface area contributed by atoms with E-state index in [1.165, 1.54) is 11.0 Å². The number of anilines is 1. The van der Waals surface area contributed by atoms with Gasteiger partial charge in [-0.15, -0.1) is 6.58 Å². The Bertz CT molecular complexity index is 1090. The first-order chi connectivity index (χ1) is 17.6. The molecule has 7 atom stereocenters. The number of aliphatic hydroxyl groups excluding tert-OH is 1. The van der Waals surface area contributed by atoms with E-state index in [4.69, 9.17) is 14.2 Å². The molecule has 0 aromatic heterocycles. The van der Waals surface area contributed by atoms with Gasteiger partial charge in [0.1, 0.15) is 29.9 Å². The molecular weight excluding hydrogens is 476 g/mol. The smallest absolute Gasteiger partial charge is 0.313 e. The number of hydrogen-bond donors (Lipinski definition) is 1. The number of amides is 2. The van der Waals surface area contributed by atoms with Crippen molar-refractivity contribution in [2.75, 3.05) is 31.8 Å². The van der Waals surface area contributed by atoms with Gasteiger partial charge in [0.2, 0.25) is 5.91 Å². The van der Waals surface area contributed by atoms with Crippen molar-refractivity contribution in [3.8, 4) is 5.75 Å². The Morgan fingerprint density at radius 3 is 2.54 bits per heavy atom. The van der Waals surface area contributed by atoms with Gasteiger partial charge >= 0.3 is 5.97 Å². The van der Waals surface area contributed by atoms with Crippen LogP contribution in [0.25, 0.3) is 0 Å². The van der Waals surface area contributed by atoms with Gasteiger partial charge in [0.05, 0.1) is 31.3 Å². The number of esters is 1. The van der Waals surface area contributed by atoms with Crippen LogP contribution < -0.4 is 9.64 Å². The molecule has 3 aliphatic heterocycles. The summed E-state index contributed by atoms with van der Waals surface area (Å²) in [7, 11) is 1.56. The molecule has 0 saturated carbocycles. The Kier molecular flexibility index (Phi) is 7.23. The van der Waals surface area contributed by atoms with Gasteiger partial charge in [-0.1, -0.05) is 25.7 Å². The van der Waals surface area contributed by atoms with Gasteiger partial charge in [0.15, 0.2) is 0 Å². The molecule has 0 aliphatic carbocycles. The number of rotatable bonds is 10. The lowest BCUT2D eigenvalue weighted by Crippen LogP contribution is -2.58. The lowest BCUT2D eigenvalue weighted by atomic mass is 9.62. The number of aliphatic hydroxyl groups is 1. The third kappa shape index (κ3) is 3.95. The number of fused-ring (bicyclic) bond motifs is 1. The van der Waals surface area contributed by atoms with Crippen molar-refractivity contribution in [1.82, 2.24) is 4.90 Å². The molecule has 1 aromatic carbocycles. The average Bonchev–Trinajstić information content (AvgIpc) is 3.41. The summed E-state index contributed by atoms with van der Waals surface area (Å²) in [6.45, 7) is 12.7. The van der Waals surface area contributed by atoms with E-state index in [0.717, 1.165) is 0 Å². The van der Waals surface area contributed by atoms with E-state index in [-0.39, 0.29) is 37.5 Å². The maximum absolute atomic E-state index is 14.4. The van der Waals surface area contributed by atoms with Crippen LogP contribution in [0.5, 0.6) is 5.75 Å². The van der Waals surface area contributed by atoms with Gasteiger partial charge < -0.3 is 29.1 Å². The topological polar surface area (TPSA) is 106 Å². The fraction of sp³-hybridized carbons (Fsp3) is 0.536. The summed E-state index contributed by atoms with van der Waals surface area (Å²) in [4.78, 5) is 44.7. The first kappa shape index (κ1) is 26.9. The molecule has 4 rings (SSSR count). The van der Waals surface area contributed by atoms with Crippen LogP contribution in [0.2, 0.25) is 0 Å². The van der Waals surface area contributed by atoms with Crippen LogP contribution in [0.15, 0.2) is 49.6 Å². The Balaban J connectivity index is 1.82. The van der Waals surface area contributed by atoms with E-state index >= 15 is 0 Å². The fourth-order valence-electron chi connectivity index (χ4n) is 6.47. The summed E-state index contributed by atoms with van der Waals surface area (Å²) < 4.78 is 17.3. The molecule has 3 fully saturated rings. The number of carbonyl (C=O) groups is 3. The van der Waals surface area contributed by atoms with Gasteiger partial charge in [-0.2, -0.15) is 0 Å². The second-order valence-electron chi connectivity index (χ2n) is 10.3. The molecule has 1 aromatic rings. The van der Waals surface area contributed by atoms with Crippen molar-refractivity contribution >= 4 is 23.5 Å². The second kappa shape index (κ2) is 9.95. The molecular formula is C28H36N2O7. The molecule has 9 nitrogen and oxygen atoms in total. The van der Waals surface area contributed by atoms with Crippen molar-refractivity contribution in [3.63, 3.8) is 0 Å². The van der Waals surface area contributed by atoms with E-state index in [1.807, 2.05) is 13.8 Å². The van der Waals surface area contributed by atoms with E-state index < -0.39 is 41.1 Å². The predicted molar refractivity (Wildman–Crippen MR) is 137 cm³/mol. The zero-order valence-electron chi connectivity index (χ0n) is 21.9. The molecule has 37 heavy (non-hydrogen) atoms. The molecule has 3 unspecified atom stereocenters. The molecule has 200 valence electrons. The number of methoxy groups -OCH3 is 1. The van der Waals surface area contributed by atoms with Crippen molar-refractivity contribution < 1.29 is 33.7 Å². The number of benzene rings is 1. The molecule has 1 N–H and O–H groups in total. The molecule has 1 spiro atoms. The minimum Gasteiger partial charge on any atom is -0.497 e. The molecule has 3 aliphatic rings. The maximum Gasteiger partial charge on any atom is 0.313 e. The largest absolute Gasteiger partial charge is 0.497 e. The number of carbonyl (C=O) groups excluding carboxylic acids is 3. The summed E-state index contributed by atoms with van der Waals surface area (Å²) in [5.74, 6) is -2.56. The van der Waals surface area contributed by atoms with Crippen LogP contribution >= 0.6 is 0 Å². The van der Waals surface area contributed by atoms with E-state index in [2.05, 4.69) is 13.2 Å². The van der Waals surface area contributed by atoms with E-state index in [1.54, 1.807) is 49.3 Å². The van der Waals surface area contributed by atoms with E-state index in [0.29, 0.717) is 17.9 Å². The Morgan fingerprint density at radius 1 is 1.30 bits per heavy atom. The summed E-state index contributed by atoms with van der Waals surface area (Å²) in [6, 6.07) is 5.31. The zero-order chi connectivity index (χ0) is 27.1. The molecule has 9 heteroatoms. The lowest BCUT2D eigenvalue weighted by molar-refractivity contribution is -0.161. The minimum atomic E-state index is -1.24. The monoisotopic (exact) mass is 512 g/mol. The summed E-state index contributed by atoms with van der Waals surface area (Å²) >= 11 is 0. The highest BCUT2D eigenvalue weighted by atomic mass is 16.6. The molecule has 0 radical (unpaired) electrons. The second-order valence-corrected chi connectivity index (χ2v) is 10.3. The van der Waals surface area contributed by atoms with Crippen molar-refractivity contribution in [2.24, 2.45) is 17.8 Å². The minimum absolute atomic E-state index is 0.0113. The Labute approximate surface area is 217 Å². The van der Waals surface area contributed by atoms with Crippen molar-refractivity contribution in [2.45, 2.75) is 50.5 Å². The van der Waals surface area contributed by atoms with Crippen LogP contribution in [0.4, 0.5) is 5.69 Å². The van der Waals surface area contributed by atoms with Crippen molar-refractivity contribution in [3.05, 3.63) is 49.6 Å². The summed E-state index contributed by atoms with van der Waals surface area (Å²) in [5, 5.41) is 10.1. The highest BCUT2D eigenvalue weighted by molar-refractivity contribution is 6.05. The number of hydrogen-bond acceptors (Lipinski definition) is 7. The zero-order valence-corrected chi connectivity index (χ0v) is 21.9. The number of likely N-dealkylation sites (tertiary alicyclic amines) is 1. The van der Waals surface area contributed by atoms with Crippen LogP contribution in [-0.4, -0.2) is 77.9 Å². The standard InChI is InChI=1S/C28H36N2O7/c1-7-13-29(19-9-11-20(35-6)12-10-19)25(33)23-28-15-17(3)27(5,37-28)22(26(34)36-14-8-2)21(28)24(32)30(23)18(4)16-31/h7-12,17-18,21-23,31H,1-2,13-16H2,3-6H3/t17?,18-,21+,22+,23?,27-,28?/m1/s1. The molecule has 3 saturated heterocycles. The Hall–Kier alpha value is -3.17. The number of nitrogens with zero attached hydrogens (tertiary/aromatic N) is 2.